The van der Waals surface area contributed by atoms with E-state index in [1.165, 1.54) is 17.3 Å². The zero-order chi connectivity index (χ0) is 19.1. The lowest BCUT2D eigenvalue weighted by Gasteiger charge is -2.27. The van der Waals surface area contributed by atoms with Crippen LogP contribution in [0.15, 0.2) is 29.4 Å². The van der Waals surface area contributed by atoms with Gasteiger partial charge >= 0.3 is 0 Å². The van der Waals surface area contributed by atoms with Crippen LogP contribution >= 0.6 is 11.8 Å². The topological polar surface area (TPSA) is 72.3 Å². The van der Waals surface area contributed by atoms with Crippen LogP contribution in [0.5, 0.6) is 0 Å². The minimum atomic E-state index is 0.0276. The van der Waals surface area contributed by atoms with Crippen LogP contribution in [0, 0.1) is 6.92 Å². The minimum absolute atomic E-state index is 0.0276. The zero-order valence-corrected chi connectivity index (χ0v) is 16.8. The van der Waals surface area contributed by atoms with Crippen molar-refractivity contribution in [2.24, 2.45) is 0 Å². The summed E-state index contributed by atoms with van der Waals surface area (Å²) in [4.78, 5) is 14.3. The van der Waals surface area contributed by atoms with E-state index in [1.807, 2.05) is 4.57 Å². The van der Waals surface area contributed by atoms with Crippen LogP contribution in [0.2, 0.25) is 0 Å². The van der Waals surface area contributed by atoms with E-state index < -0.39 is 0 Å². The third-order valence-electron chi connectivity index (χ3n) is 4.39. The van der Waals surface area contributed by atoms with E-state index in [0.29, 0.717) is 19.0 Å². The van der Waals surface area contributed by atoms with Crippen molar-refractivity contribution < 1.29 is 9.53 Å². The molecule has 7 nitrogen and oxygen atoms in total. The van der Waals surface area contributed by atoms with Gasteiger partial charge in [-0.15, -0.1) is 10.2 Å². The second-order valence-corrected chi connectivity index (χ2v) is 7.49. The third kappa shape index (κ3) is 5.23. The van der Waals surface area contributed by atoms with Gasteiger partial charge in [0.05, 0.1) is 24.7 Å². The Morgan fingerprint density at radius 2 is 1.96 bits per heavy atom. The van der Waals surface area contributed by atoms with Crippen LogP contribution in [-0.2, 0) is 9.53 Å². The summed E-state index contributed by atoms with van der Waals surface area (Å²) in [5.74, 6) is 1.16. The molecule has 1 fully saturated rings. The number of aromatic nitrogens is 3. The van der Waals surface area contributed by atoms with Crippen LogP contribution < -0.4 is 10.2 Å². The summed E-state index contributed by atoms with van der Waals surface area (Å²) in [6.07, 6.45) is 2.06. The molecular weight excluding hydrogens is 362 g/mol. The van der Waals surface area contributed by atoms with Crippen LogP contribution in [0.25, 0.3) is 5.69 Å². The third-order valence-corrected chi connectivity index (χ3v) is 5.32. The number of amides is 1. The number of thioether (sulfide) groups is 1. The molecule has 27 heavy (non-hydrogen) atoms. The smallest absolute Gasteiger partial charge is 0.232 e. The molecule has 0 radical (unpaired) electrons. The van der Waals surface area contributed by atoms with Crippen molar-refractivity contribution in [1.29, 1.82) is 0 Å². The fourth-order valence-corrected chi connectivity index (χ4v) is 3.61. The molecule has 1 aromatic heterocycles. The number of carbonyl (C=O) groups excluding carboxylic acids is 1. The van der Waals surface area contributed by atoms with Crippen LogP contribution in [0.3, 0.4) is 0 Å². The fraction of sp³-hybridized carbons (Fsp3) is 0.526. The summed E-state index contributed by atoms with van der Waals surface area (Å²) in [6, 6.07) is 8.27. The Hall–Kier alpha value is -2.06. The number of nitrogens with zero attached hydrogens (tertiary/aromatic N) is 4. The van der Waals surface area contributed by atoms with Crippen molar-refractivity contribution in [1.82, 2.24) is 20.1 Å². The Labute approximate surface area is 164 Å². The number of hydrogen-bond acceptors (Lipinski definition) is 6. The van der Waals surface area contributed by atoms with Crippen molar-refractivity contribution in [3.63, 3.8) is 0 Å². The molecule has 1 saturated heterocycles. The molecule has 8 heteroatoms. The van der Waals surface area contributed by atoms with Gasteiger partial charge in [-0.1, -0.05) is 42.8 Å². The Morgan fingerprint density at radius 3 is 2.67 bits per heavy atom. The molecule has 3 rings (SSSR count). The number of anilines is 1. The maximum atomic E-state index is 12.1. The summed E-state index contributed by atoms with van der Waals surface area (Å²) >= 11 is 1.42. The number of ether oxygens (including phenoxy) is 1. The molecule has 146 valence electrons. The maximum absolute atomic E-state index is 12.1. The molecule has 2 heterocycles. The average molecular weight is 390 g/mol. The van der Waals surface area contributed by atoms with E-state index in [4.69, 9.17) is 4.74 Å². The summed E-state index contributed by atoms with van der Waals surface area (Å²) in [6.45, 7) is 7.83. The number of benzene rings is 1. The lowest BCUT2D eigenvalue weighted by atomic mass is 10.2. The second kappa shape index (κ2) is 9.75. The summed E-state index contributed by atoms with van der Waals surface area (Å²) in [5, 5.41) is 12.5. The zero-order valence-electron chi connectivity index (χ0n) is 16.0. The second-order valence-electron chi connectivity index (χ2n) is 6.55. The lowest BCUT2D eigenvalue weighted by Crippen LogP contribution is -2.37. The van der Waals surface area contributed by atoms with Gasteiger partial charge in [-0.05, 0) is 25.5 Å². The van der Waals surface area contributed by atoms with E-state index >= 15 is 0 Å². The number of hydrogen-bond donors (Lipinski definition) is 1. The van der Waals surface area contributed by atoms with Crippen LogP contribution in [0.1, 0.15) is 25.3 Å². The molecular formula is C19H27N5O2S. The highest BCUT2D eigenvalue weighted by molar-refractivity contribution is 7.99. The van der Waals surface area contributed by atoms with Gasteiger partial charge < -0.3 is 15.0 Å². The first-order valence-corrected chi connectivity index (χ1v) is 10.4. The standard InChI is InChI=1S/C19H27N5O2S/c1-3-4-9-20-17(25)14-27-19-22-21-18(23-10-12-26-13-11-23)24(19)16-7-5-15(2)6-8-16/h5-8H,3-4,9-14H2,1-2H3,(H,20,25). The Balaban J connectivity index is 1.79. The van der Waals surface area contributed by atoms with Gasteiger partial charge in [0, 0.05) is 19.6 Å². The molecule has 2 aromatic rings. The maximum Gasteiger partial charge on any atom is 0.232 e. The van der Waals surface area contributed by atoms with Gasteiger partial charge in [-0.2, -0.15) is 0 Å². The van der Waals surface area contributed by atoms with Gasteiger partial charge in [0.15, 0.2) is 5.16 Å². The number of unbranched alkanes of at least 4 members (excludes halogenated alkanes) is 1. The SMILES string of the molecule is CCCCNC(=O)CSc1nnc(N2CCOCC2)n1-c1ccc(C)cc1. The highest BCUT2D eigenvalue weighted by Crippen LogP contribution is 2.27. The van der Waals surface area contributed by atoms with Crippen LogP contribution in [0.4, 0.5) is 5.95 Å². The highest BCUT2D eigenvalue weighted by Gasteiger charge is 2.22. The van der Waals surface area contributed by atoms with Gasteiger partial charge in [-0.25, -0.2) is 0 Å². The predicted molar refractivity (Wildman–Crippen MR) is 108 cm³/mol. The summed E-state index contributed by atoms with van der Waals surface area (Å²) in [7, 11) is 0. The molecule has 1 amide bonds. The van der Waals surface area contributed by atoms with Crippen molar-refractivity contribution in [2.45, 2.75) is 31.8 Å². The van der Waals surface area contributed by atoms with E-state index in [-0.39, 0.29) is 5.91 Å². The molecule has 1 N–H and O–H groups in total. The largest absolute Gasteiger partial charge is 0.378 e. The quantitative estimate of drug-likeness (QED) is 0.552. The van der Waals surface area contributed by atoms with E-state index in [9.17, 15) is 4.79 Å². The molecule has 1 aromatic carbocycles. The van der Waals surface area contributed by atoms with Gasteiger partial charge in [0.25, 0.3) is 0 Å². The Kier molecular flexibility index (Phi) is 7.11. The summed E-state index contributed by atoms with van der Waals surface area (Å²) < 4.78 is 7.49. The van der Waals surface area contributed by atoms with Gasteiger partial charge in [0.1, 0.15) is 0 Å². The van der Waals surface area contributed by atoms with E-state index in [1.54, 1.807) is 0 Å². The summed E-state index contributed by atoms with van der Waals surface area (Å²) in [5.41, 5.74) is 2.20. The number of aryl methyl sites for hydroxylation is 1. The van der Waals surface area contributed by atoms with Crippen LogP contribution in [-0.4, -0.2) is 59.3 Å². The minimum Gasteiger partial charge on any atom is -0.378 e. The van der Waals surface area contributed by atoms with E-state index in [0.717, 1.165) is 49.3 Å². The first-order chi connectivity index (χ1) is 13.2. The number of carbonyl (C=O) groups is 1. The molecule has 0 atom stereocenters. The van der Waals surface area contributed by atoms with Gasteiger partial charge in [0.2, 0.25) is 11.9 Å². The molecule has 0 saturated carbocycles. The molecule has 0 spiro atoms. The van der Waals surface area contributed by atoms with Gasteiger partial charge in [-0.3, -0.25) is 9.36 Å². The molecule has 1 aliphatic heterocycles. The van der Waals surface area contributed by atoms with E-state index in [2.05, 4.69) is 58.5 Å². The highest BCUT2D eigenvalue weighted by atomic mass is 32.2. The number of morpholine rings is 1. The molecule has 0 bridgehead atoms. The first-order valence-electron chi connectivity index (χ1n) is 9.43. The monoisotopic (exact) mass is 389 g/mol. The normalized spacial score (nSPS) is 14.4. The first kappa shape index (κ1) is 19.7. The lowest BCUT2D eigenvalue weighted by molar-refractivity contribution is -0.118. The van der Waals surface area contributed by atoms with Crippen molar-refractivity contribution >= 4 is 23.6 Å². The molecule has 0 aliphatic carbocycles. The molecule has 1 aliphatic rings. The average Bonchev–Trinajstić information content (AvgIpc) is 3.12. The van der Waals surface area contributed by atoms with Crippen molar-refractivity contribution in [3.05, 3.63) is 29.8 Å². The predicted octanol–water partition coefficient (Wildman–Crippen LogP) is 2.42. The fourth-order valence-electron chi connectivity index (χ4n) is 2.83. The van der Waals surface area contributed by atoms with Crippen molar-refractivity contribution in [2.75, 3.05) is 43.5 Å². The Morgan fingerprint density at radius 1 is 1.22 bits per heavy atom. The number of nitrogens with one attached hydrogen (secondary N) is 1. The molecule has 0 unspecified atom stereocenters. The Bertz CT molecular complexity index is 741. The number of rotatable bonds is 8. The van der Waals surface area contributed by atoms with Crippen molar-refractivity contribution in [3.8, 4) is 5.69 Å².